The maximum absolute atomic E-state index is 12.8. The average molecular weight is 440 g/mol. The van der Waals surface area contributed by atoms with E-state index in [1.807, 2.05) is 24.3 Å². The number of ketones is 2. The highest BCUT2D eigenvalue weighted by Gasteiger charge is 2.34. The third-order valence-corrected chi connectivity index (χ3v) is 5.94. The molecule has 0 atom stereocenters. The number of piperazine rings is 1. The minimum absolute atomic E-state index is 0.0636. The fourth-order valence-electron chi connectivity index (χ4n) is 3.92. The topological polar surface area (TPSA) is 93.2 Å². The molecule has 1 aliphatic carbocycles. The molecule has 1 saturated heterocycles. The van der Waals surface area contributed by atoms with Crippen LogP contribution in [0.4, 0.5) is 0 Å². The molecular formula is C24H28N2O6. The summed E-state index contributed by atoms with van der Waals surface area (Å²) in [5.41, 5.74) is 2.66. The van der Waals surface area contributed by atoms with Crippen molar-refractivity contribution < 1.29 is 28.7 Å². The van der Waals surface area contributed by atoms with Gasteiger partial charge in [0, 0.05) is 50.2 Å². The van der Waals surface area contributed by atoms with E-state index >= 15 is 0 Å². The molecule has 0 aromatic heterocycles. The number of benzene rings is 1. The Balaban J connectivity index is 1.60. The zero-order chi connectivity index (χ0) is 23.3. The van der Waals surface area contributed by atoms with Gasteiger partial charge >= 0.3 is 0 Å². The van der Waals surface area contributed by atoms with E-state index in [9.17, 15) is 19.2 Å². The first kappa shape index (κ1) is 23.2. The molecule has 32 heavy (non-hydrogen) atoms. The van der Waals surface area contributed by atoms with Crippen LogP contribution < -0.4 is 0 Å². The highest BCUT2D eigenvalue weighted by Crippen LogP contribution is 2.28. The van der Waals surface area contributed by atoms with E-state index < -0.39 is 0 Å². The van der Waals surface area contributed by atoms with E-state index in [2.05, 4.69) is 0 Å². The molecule has 8 nitrogen and oxygen atoms in total. The summed E-state index contributed by atoms with van der Waals surface area (Å²) in [5, 5.41) is 0. The van der Waals surface area contributed by atoms with Crippen LogP contribution in [0.15, 0.2) is 46.9 Å². The molecule has 2 amide bonds. The summed E-state index contributed by atoms with van der Waals surface area (Å²) >= 11 is 0. The molecule has 0 bridgehead atoms. The second-order valence-electron chi connectivity index (χ2n) is 7.84. The quantitative estimate of drug-likeness (QED) is 0.449. The molecule has 1 fully saturated rings. The van der Waals surface area contributed by atoms with Crippen LogP contribution >= 0.6 is 0 Å². The number of hydrogen-bond acceptors (Lipinski definition) is 6. The summed E-state index contributed by atoms with van der Waals surface area (Å²) in [4.78, 5) is 52.0. The van der Waals surface area contributed by atoms with Crippen LogP contribution in [0, 0.1) is 0 Å². The lowest BCUT2D eigenvalue weighted by Gasteiger charge is -2.32. The molecule has 0 N–H and O–H groups in total. The van der Waals surface area contributed by atoms with Crippen LogP contribution in [0.5, 0.6) is 0 Å². The molecular weight excluding hydrogens is 412 g/mol. The van der Waals surface area contributed by atoms with Crippen molar-refractivity contribution in [3.05, 3.63) is 58.1 Å². The molecule has 0 saturated carbocycles. The molecule has 1 aromatic carbocycles. The van der Waals surface area contributed by atoms with Crippen LogP contribution in [0.3, 0.4) is 0 Å². The molecule has 0 spiro atoms. The lowest BCUT2D eigenvalue weighted by molar-refractivity contribution is -0.135. The molecule has 1 heterocycles. The number of ether oxygens (including phenoxy) is 2. The van der Waals surface area contributed by atoms with Gasteiger partial charge in [-0.1, -0.05) is 24.3 Å². The van der Waals surface area contributed by atoms with Gasteiger partial charge in [0.15, 0.2) is 0 Å². The van der Waals surface area contributed by atoms with Crippen LogP contribution in [0.2, 0.25) is 0 Å². The number of carbonyl (C=O) groups excluding carboxylic acids is 4. The van der Waals surface area contributed by atoms with Gasteiger partial charge < -0.3 is 19.3 Å². The Labute approximate surface area is 187 Å². The Morgan fingerprint density at radius 3 is 2.06 bits per heavy atom. The Hall–Kier alpha value is -3.42. The van der Waals surface area contributed by atoms with Gasteiger partial charge in [0.25, 0.3) is 0 Å². The van der Waals surface area contributed by atoms with Crippen molar-refractivity contribution in [1.82, 2.24) is 9.80 Å². The number of methoxy groups -OCH3 is 2. The van der Waals surface area contributed by atoms with Crippen molar-refractivity contribution >= 4 is 23.9 Å². The number of carbonyl (C=O) groups is 4. The lowest BCUT2D eigenvalue weighted by atomic mass is 9.88. The summed E-state index contributed by atoms with van der Waals surface area (Å²) in [6.45, 7) is 3.91. The number of Topliss-reactive ketones (excluding diaryl/α,β-unsaturated/α-hetero) is 2. The molecule has 0 unspecified atom stereocenters. The average Bonchev–Trinajstić information content (AvgIpc) is 2.83. The van der Waals surface area contributed by atoms with Crippen molar-refractivity contribution in [2.45, 2.75) is 26.2 Å². The fourth-order valence-corrected chi connectivity index (χ4v) is 3.92. The molecule has 170 valence electrons. The van der Waals surface area contributed by atoms with Gasteiger partial charge in [-0.25, -0.2) is 0 Å². The zero-order valence-electron chi connectivity index (χ0n) is 18.7. The number of hydrogen-bond donors (Lipinski definition) is 0. The van der Waals surface area contributed by atoms with E-state index in [1.165, 1.54) is 14.2 Å². The van der Waals surface area contributed by atoms with E-state index in [0.29, 0.717) is 56.6 Å². The number of allylic oxidation sites excluding steroid dienone is 2. The van der Waals surface area contributed by atoms with Crippen molar-refractivity contribution in [1.29, 1.82) is 0 Å². The molecule has 8 heteroatoms. The Bertz CT molecular complexity index is 969. The van der Waals surface area contributed by atoms with Gasteiger partial charge in [0.1, 0.15) is 0 Å². The van der Waals surface area contributed by atoms with Crippen molar-refractivity contribution in [3.63, 3.8) is 0 Å². The molecule has 3 rings (SSSR count). The van der Waals surface area contributed by atoms with Crippen LogP contribution in [0.1, 0.15) is 24.5 Å². The van der Waals surface area contributed by atoms with Gasteiger partial charge in [-0.15, -0.1) is 0 Å². The summed E-state index contributed by atoms with van der Waals surface area (Å²) in [6, 6.07) is 7.68. The maximum Gasteiger partial charge on any atom is 0.228 e. The smallest absolute Gasteiger partial charge is 0.228 e. The normalized spacial score (nSPS) is 17.1. The number of rotatable bonds is 8. The number of aryl methyl sites for hydroxylation is 1. The predicted molar refractivity (Wildman–Crippen MR) is 116 cm³/mol. The summed E-state index contributed by atoms with van der Waals surface area (Å²) in [6.07, 6.45) is 2.14. The van der Waals surface area contributed by atoms with Crippen LogP contribution in [0.25, 0.3) is 0 Å². The van der Waals surface area contributed by atoms with Crippen molar-refractivity contribution in [3.8, 4) is 0 Å². The van der Waals surface area contributed by atoms with E-state index in [1.54, 1.807) is 16.7 Å². The van der Waals surface area contributed by atoms with Gasteiger partial charge in [0.2, 0.25) is 35.4 Å². The monoisotopic (exact) mass is 440 g/mol. The summed E-state index contributed by atoms with van der Waals surface area (Å²) in [7, 11) is 2.68. The first-order chi connectivity index (χ1) is 15.4. The van der Waals surface area contributed by atoms with Crippen LogP contribution in [-0.2, 0) is 41.5 Å². The third-order valence-electron chi connectivity index (χ3n) is 5.94. The fraction of sp³-hybridized carbons (Fsp3) is 0.417. The van der Waals surface area contributed by atoms with E-state index in [-0.39, 0.29) is 29.0 Å². The second-order valence-corrected chi connectivity index (χ2v) is 7.84. The van der Waals surface area contributed by atoms with E-state index in [4.69, 9.17) is 9.47 Å². The Kier molecular flexibility index (Phi) is 7.45. The Morgan fingerprint density at radius 2 is 1.50 bits per heavy atom. The van der Waals surface area contributed by atoms with Gasteiger partial charge in [-0.2, -0.15) is 0 Å². The predicted octanol–water partition coefficient (Wildman–Crippen LogP) is 1.44. The largest absolute Gasteiger partial charge is 0.489 e. The molecule has 1 aromatic rings. The minimum atomic E-state index is -0.344. The summed E-state index contributed by atoms with van der Waals surface area (Å²) < 4.78 is 10.2. The van der Waals surface area contributed by atoms with Gasteiger partial charge in [-0.05, 0) is 24.5 Å². The van der Waals surface area contributed by atoms with Gasteiger partial charge in [0.05, 0.1) is 14.2 Å². The minimum Gasteiger partial charge on any atom is -0.489 e. The number of amides is 2. The van der Waals surface area contributed by atoms with Gasteiger partial charge in [-0.3, -0.25) is 19.2 Å². The van der Waals surface area contributed by atoms with Crippen molar-refractivity contribution in [2.24, 2.45) is 0 Å². The SMILES string of the molecule is COC1=C(OC)C(=O)C(Cc2ccc(CCC(=O)N3CCN(C=O)CC3)cc2)=C(C)C1=O. The highest BCUT2D eigenvalue weighted by molar-refractivity contribution is 6.23. The maximum atomic E-state index is 12.8. The van der Waals surface area contributed by atoms with E-state index in [0.717, 1.165) is 17.5 Å². The highest BCUT2D eigenvalue weighted by atomic mass is 16.5. The molecule has 1 aliphatic heterocycles. The second kappa shape index (κ2) is 10.3. The molecule has 2 aliphatic rings. The first-order valence-electron chi connectivity index (χ1n) is 10.6. The summed E-state index contributed by atoms with van der Waals surface area (Å²) in [5.74, 6) is -0.734. The number of nitrogens with zero attached hydrogens (tertiary/aromatic N) is 2. The third kappa shape index (κ3) is 4.90. The van der Waals surface area contributed by atoms with Crippen molar-refractivity contribution in [2.75, 3.05) is 40.4 Å². The zero-order valence-corrected chi connectivity index (χ0v) is 18.7. The standard InChI is InChI=1S/C24H28N2O6/c1-16-19(22(30)24(32-3)23(31-2)21(16)29)14-18-6-4-17(5-7-18)8-9-20(28)26-12-10-25(15-27)11-13-26/h4-7,15H,8-14H2,1-3H3. The Morgan fingerprint density at radius 1 is 0.938 bits per heavy atom. The molecule has 0 radical (unpaired) electrons. The first-order valence-corrected chi connectivity index (χ1v) is 10.6. The van der Waals surface area contributed by atoms with Crippen LogP contribution in [-0.4, -0.2) is 74.1 Å². The lowest BCUT2D eigenvalue weighted by Crippen LogP contribution is -2.48.